The zero-order valence-corrected chi connectivity index (χ0v) is 7.22. The van der Waals surface area contributed by atoms with Crippen molar-refractivity contribution in [2.24, 2.45) is 0 Å². The van der Waals surface area contributed by atoms with Crippen LogP contribution in [-0.4, -0.2) is 10.1 Å². The number of hydrogen-bond acceptors (Lipinski definition) is 2. The first-order valence-corrected chi connectivity index (χ1v) is 3.99. The van der Waals surface area contributed by atoms with Gasteiger partial charge in [-0.25, -0.2) is 4.98 Å². The Morgan fingerprint density at radius 1 is 1.38 bits per heavy atom. The minimum absolute atomic E-state index is 0.414. The maximum atomic E-state index is 12.8. The molecule has 13 heavy (non-hydrogen) atoms. The Morgan fingerprint density at radius 2 is 2.15 bits per heavy atom. The van der Waals surface area contributed by atoms with Gasteiger partial charge in [0.1, 0.15) is 0 Å². The zero-order valence-electron chi connectivity index (χ0n) is 6.46. The lowest BCUT2D eigenvalue weighted by molar-refractivity contribution is 0.425. The van der Waals surface area contributed by atoms with E-state index in [9.17, 15) is 9.50 Å². The van der Waals surface area contributed by atoms with Crippen LogP contribution in [0.25, 0.3) is 10.8 Å². The molecule has 2 rings (SSSR count). The molecule has 0 atom stereocenters. The van der Waals surface area contributed by atoms with Gasteiger partial charge >= 0.3 is 0 Å². The third-order valence-electron chi connectivity index (χ3n) is 1.78. The number of aromatic nitrogens is 1. The van der Waals surface area contributed by atoms with E-state index in [1.54, 1.807) is 18.2 Å². The highest BCUT2D eigenvalue weighted by Crippen LogP contribution is 2.27. The van der Waals surface area contributed by atoms with E-state index in [0.717, 1.165) is 0 Å². The minimum atomic E-state index is -0.866. The van der Waals surface area contributed by atoms with Crippen molar-refractivity contribution in [3.05, 3.63) is 35.4 Å². The van der Waals surface area contributed by atoms with Gasteiger partial charge in [-0.15, -0.1) is 0 Å². The van der Waals surface area contributed by atoms with Gasteiger partial charge in [-0.2, -0.15) is 4.39 Å². The first-order chi connectivity index (χ1) is 6.18. The van der Waals surface area contributed by atoms with Gasteiger partial charge in [0.25, 0.3) is 5.95 Å². The lowest BCUT2D eigenvalue weighted by Gasteiger charge is -2.00. The summed E-state index contributed by atoms with van der Waals surface area (Å²) in [7, 11) is 0. The highest BCUT2D eigenvalue weighted by Gasteiger charge is 2.06. The maximum Gasteiger partial charge on any atom is 0.255 e. The van der Waals surface area contributed by atoms with E-state index in [-0.39, 0.29) is 0 Å². The largest absolute Gasteiger partial charge is 0.503 e. The Kier molecular flexibility index (Phi) is 1.81. The molecule has 0 fully saturated rings. The summed E-state index contributed by atoms with van der Waals surface area (Å²) in [5.41, 5.74) is 0. The molecule has 0 aliphatic heterocycles. The number of pyridine rings is 1. The lowest BCUT2D eigenvalue weighted by atomic mass is 10.2. The van der Waals surface area contributed by atoms with Gasteiger partial charge in [0.05, 0.1) is 0 Å². The molecule has 1 heterocycles. The zero-order chi connectivity index (χ0) is 9.42. The highest BCUT2D eigenvalue weighted by atomic mass is 35.5. The predicted molar refractivity (Wildman–Crippen MR) is 48.4 cm³/mol. The summed E-state index contributed by atoms with van der Waals surface area (Å²) in [6.45, 7) is 0. The SMILES string of the molecule is Oc1c(F)ncc2cc(Cl)ccc12. The molecule has 0 unspecified atom stereocenters. The molecule has 0 aliphatic carbocycles. The lowest BCUT2D eigenvalue weighted by Crippen LogP contribution is -1.84. The van der Waals surface area contributed by atoms with Crippen LogP contribution in [0.2, 0.25) is 5.02 Å². The van der Waals surface area contributed by atoms with Crippen LogP contribution in [0.3, 0.4) is 0 Å². The van der Waals surface area contributed by atoms with E-state index in [2.05, 4.69) is 4.98 Å². The first kappa shape index (κ1) is 8.26. The Morgan fingerprint density at radius 3 is 2.92 bits per heavy atom. The van der Waals surface area contributed by atoms with Crippen molar-refractivity contribution >= 4 is 22.4 Å². The van der Waals surface area contributed by atoms with Crippen LogP contribution in [0, 0.1) is 5.95 Å². The number of aromatic hydroxyl groups is 1. The normalized spacial score (nSPS) is 10.6. The fraction of sp³-hybridized carbons (Fsp3) is 0. The summed E-state index contributed by atoms with van der Waals surface area (Å²) < 4.78 is 12.8. The van der Waals surface area contributed by atoms with Gasteiger partial charge in [0.15, 0.2) is 5.75 Å². The first-order valence-electron chi connectivity index (χ1n) is 3.61. The van der Waals surface area contributed by atoms with Gasteiger partial charge in [0.2, 0.25) is 0 Å². The summed E-state index contributed by atoms with van der Waals surface area (Å²) in [6, 6.07) is 4.75. The van der Waals surface area contributed by atoms with Crippen molar-refractivity contribution in [3.63, 3.8) is 0 Å². The van der Waals surface area contributed by atoms with E-state index in [4.69, 9.17) is 11.6 Å². The second-order valence-electron chi connectivity index (χ2n) is 2.63. The second kappa shape index (κ2) is 2.85. The van der Waals surface area contributed by atoms with Crippen LogP contribution >= 0.6 is 11.6 Å². The molecular formula is C9H5ClFNO. The molecule has 1 aromatic heterocycles. The number of fused-ring (bicyclic) bond motifs is 1. The van der Waals surface area contributed by atoms with Crippen LogP contribution in [0.1, 0.15) is 0 Å². The van der Waals surface area contributed by atoms with E-state index in [1.165, 1.54) is 6.20 Å². The van der Waals surface area contributed by atoms with Crippen molar-refractivity contribution in [2.75, 3.05) is 0 Å². The van der Waals surface area contributed by atoms with Gasteiger partial charge in [0, 0.05) is 22.0 Å². The number of nitrogens with zero attached hydrogens (tertiary/aromatic N) is 1. The van der Waals surface area contributed by atoms with Crippen LogP contribution in [0.4, 0.5) is 4.39 Å². The molecule has 2 aromatic rings. The maximum absolute atomic E-state index is 12.8. The Balaban J connectivity index is 2.87. The molecule has 1 aromatic carbocycles. The third-order valence-corrected chi connectivity index (χ3v) is 2.02. The van der Waals surface area contributed by atoms with E-state index in [1.807, 2.05) is 0 Å². The molecular weight excluding hydrogens is 193 g/mol. The number of halogens is 2. The van der Waals surface area contributed by atoms with Crippen molar-refractivity contribution < 1.29 is 9.50 Å². The second-order valence-corrected chi connectivity index (χ2v) is 3.07. The molecule has 0 amide bonds. The average molecular weight is 198 g/mol. The van der Waals surface area contributed by atoms with Crippen molar-refractivity contribution in [3.8, 4) is 5.75 Å². The van der Waals surface area contributed by atoms with Crippen molar-refractivity contribution in [1.82, 2.24) is 4.98 Å². The Labute approximate surface area is 78.6 Å². The monoisotopic (exact) mass is 197 g/mol. The quantitative estimate of drug-likeness (QED) is 0.659. The smallest absolute Gasteiger partial charge is 0.255 e. The summed E-state index contributed by atoms with van der Waals surface area (Å²) in [5, 5.41) is 10.8. The molecule has 1 N–H and O–H groups in total. The average Bonchev–Trinajstić information content (AvgIpc) is 2.12. The predicted octanol–water partition coefficient (Wildman–Crippen LogP) is 2.73. The van der Waals surface area contributed by atoms with E-state index in [0.29, 0.717) is 15.8 Å². The number of benzene rings is 1. The summed E-state index contributed by atoms with van der Waals surface area (Å²) in [6.07, 6.45) is 1.33. The molecule has 0 saturated carbocycles. The van der Waals surface area contributed by atoms with E-state index >= 15 is 0 Å². The molecule has 0 radical (unpaired) electrons. The molecule has 0 saturated heterocycles. The van der Waals surface area contributed by atoms with Crippen LogP contribution in [0.5, 0.6) is 5.75 Å². The Hall–Kier alpha value is -1.35. The molecule has 0 bridgehead atoms. The van der Waals surface area contributed by atoms with Gasteiger partial charge < -0.3 is 5.11 Å². The fourth-order valence-corrected chi connectivity index (χ4v) is 1.34. The summed E-state index contributed by atoms with van der Waals surface area (Å²) in [4.78, 5) is 3.37. The summed E-state index contributed by atoms with van der Waals surface area (Å²) in [5.74, 6) is -1.30. The van der Waals surface area contributed by atoms with Crippen LogP contribution in [-0.2, 0) is 0 Å². The number of rotatable bonds is 0. The number of hydrogen-bond donors (Lipinski definition) is 1. The minimum Gasteiger partial charge on any atom is -0.503 e. The van der Waals surface area contributed by atoms with Crippen molar-refractivity contribution in [1.29, 1.82) is 0 Å². The van der Waals surface area contributed by atoms with Gasteiger partial charge in [-0.05, 0) is 18.2 Å². The van der Waals surface area contributed by atoms with Crippen molar-refractivity contribution in [2.45, 2.75) is 0 Å². The van der Waals surface area contributed by atoms with Crippen LogP contribution < -0.4 is 0 Å². The standard InChI is InChI=1S/C9H5ClFNO/c10-6-1-2-7-5(3-6)4-12-9(11)8(7)13/h1-4,13H. The molecule has 2 nitrogen and oxygen atoms in total. The fourth-order valence-electron chi connectivity index (χ4n) is 1.15. The molecule has 0 spiro atoms. The highest BCUT2D eigenvalue weighted by molar-refractivity contribution is 6.31. The molecule has 4 heteroatoms. The van der Waals surface area contributed by atoms with Crippen LogP contribution in [0.15, 0.2) is 24.4 Å². The van der Waals surface area contributed by atoms with Gasteiger partial charge in [-0.3, -0.25) is 0 Å². The Bertz CT molecular complexity index is 472. The summed E-state index contributed by atoms with van der Waals surface area (Å²) >= 11 is 5.71. The molecule has 0 aliphatic rings. The van der Waals surface area contributed by atoms with E-state index < -0.39 is 11.7 Å². The molecule has 66 valence electrons. The topological polar surface area (TPSA) is 33.1 Å². The third kappa shape index (κ3) is 1.31. The van der Waals surface area contributed by atoms with Gasteiger partial charge in [-0.1, -0.05) is 11.6 Å².